The molecule has 0 fully saturated rings. The Labute approximate surface area is 154 Å². The number of nitrogens with one attached hydrogen (secondary N) is 2. The topological polar surface area (TPSA) is 50.4 Å². The third kappa shape index (κ3) is 5.80. The van der Waals surface area contributed by atoms with E-state index in [9.17, 15) is 4.79 Å². The Balaban J connectivity index is 1.93. The molecule has 0 saturated carbocycles. The molecule has 0 atom stereocenters. The fourth-order valence-corrected chi connectivity index (χ4v) is 2.61. The van der Waals surface area contributed by atoms with E-state index >= 15 is 0 Å². The third-order valence-corrected chi connectivity index (χ3v) is 3.67. The molecular weight excluding hydrogens is 423 g/mol. The Kier molecular flexibility index (Phi) is 6.35. The number of ether oxygens (including phenoxy) is 1. The van der Waals surface area contributed by atoms with Crippen LogP contribution in [-0.4, -0.2) is 17.1 Å². The van der Waals surface area contributed by atoms with Crippen molar-refractivity contribution in [3.05, 3.63) is 57.7 Å². The summed E-state index contributed by atoms with van der Waals surface area (Å²) >= 11 is 7.33. The summed E-state index contributed by atoms with van der Waals surface area (Å²) in [5.74, 6) is 0.556. The smallest absolute Gasteiger partial charge is 0.257 e. The van der Waals surface area contributed by atoms with E-state index in [-0.39, 0.29) is 17.1 Å². The van der Waals surface area contributed by atoms with Crippen molar-refractivity contribution >= 4 is 51.5 Å². The van der Waals surface area contributed by atoms with Crippen molar-refractivity contribution in [1.82, 2.24) is 5.32 Å². The van der Waals surface area contributed by atoms with Gasteiger partial charge in [-0.1, -0.05) is 6.07 Å². The number of hydrogen-bond donors (Lipinski definition) is 2. The maximum Gasteiger partial charge on any atom is 0.257 e. The quantitative estimate of drug-likeness (QED) is 0.553. The van der Waals surface area contributed by atoms with E-state index in [2.05, 4.69) is 33.2 Å². The first-order chi connectivity index (χ1) is 10.9. The molecule has 0 aliphatic carbocycles. The Hall–Kier alpha value is -1.67. The molecule has 120 valence electrons. The molecule has 2 N–H and O–H groups in total. The fraction of sp³-hybridized carbons (Fsp3) is 0.176. The predicted octanol–water partition coefficient (Wildman–Crippen LogP) is 4.21. The van der Waals surface area contributed by atoms with Gasteiger partial charge in [-0.25, -0.2) is 0 Å². The van der Waals surface area contributed by atoms with Crippen molar-refractivity contribution in [2.24, 2.45) is 0 Å². The number of carbonyl (C=O) groups is 1. The lowest BCUT2D eigenvalue weighted by atomic mass is 10.2. The highest BCUT2D eigenvalue weighted by Gasteiger charge is 2.08. The zero-order chi connectivity index (χ0) is 16.8. The number of benzene rings is 2. The maximum atomic E-state index is 12.1. The van der Waals surface area contributed by atoms with Gasteiger partial charge in [0.1, 0.15) is 5.75 Å². The molecular formula is C17H17IN2O2S. The molecule has 0 spiro atoms. The highest BCUT2D eigenvalue weighted by atomic mass is 127. The van der Waals surface area contributed by atoms with Gasteiger partial charge in [0.15, 0.2) is 5.11 Å². The normalized spacial score (nSPS) is 10.3. The summed E-state index contributed by atoms with van der Waals surface area (Å²) in [7, 11) is 0. The predicted molar refractivity (Wildman–Crippen MR) is 105 cm³/mol. The summed E-state index contributed by atoms with van der Waals surface area (Å²) < 4.78 is 6.57. The van der Waals surface area contributed by atoms with Gasteiger partial charge < -0.3 is 10.1 Å². The SMILES string of the molecule is CC(C)Oc1ccc(NC(=S)NC(=O)c2cccc(I)c2)cc1. The summed E-state index contributed by atoms with van der Waals surface area (Å²) in [5.41, 5.74) is 1.36. The van der Waals surface area contributed by atoms with Crippen LogP contribution in [0.15, 0.2) is 48.5 Å². The molecule has 4 nitrogen and oxygen atoms in total. The van der Waals surface area contributed by atoms with Gasteiger partial charge in [-0.05, 0) is 91.1 Å². The zero-order valence-corrected chi connectivity index (χ0v) is 15.8. The Morgan fingerprint density at radius 2 is 1.87 bits per heavy atom. The maximum absolute atomic E-state index is 12.1. The van der Waals surface area contributed by atoms with Gasteiger partial charge in [0, 0.05) is 14.8 Å². The van der Waals surface area contributed by atoms with Crippen LogP contribution in [0.2, 0.25) is 0 Å². The van der Waals surface area contributed by atoms with Crippen molar-refractivity contribution in [3.63, 3.8) is 0 Å². The number of thiocarbonyl (C=S) groups is 1. The number of carbonyl (C=O) groups excluding carboxylic acids is 1. The molecule has 0 radical (unpaired) electrons. The largest absolute Gasteiger partial charge is 0.491 e. The third-order valence-electron chi connectivity index (χ3n) is 2.80. The summed E-state index contributed by atoms with van der Waals surface area (Å²) in [6, 6.07) is 14.7. The highest BCUT2D eigenvalue weighted by Crippen LogP contribution is 2.17. The van der Waals surface area contributed by atoms with E-state index in [1.807, 2.05) is 50.2 Å². The second-order valence-corrected chi connectivity index (χ2v) is 6.76. The lowest BCUT2D eigenvalue weighted by Crippen LogP contribution is -2.34. The second kappa shape index (κ2) is 8.26. The number of hydrogen-bond acceptors (Lipinski definition) is 3. The highest BCUT2D eigenvalue weighted by molar-refractivity contribution is 14.1. The van der Waals surface area contributed by atoms with Crippen molar-refractivity contribution in [2.45, 2.75) is 20.0 Å². The molecule has 2 aromatic carbocycles. The first-order valence-corrected chi connectivity index (χ1v) is 8.57. The van der Waals surface area contributed by atoms with Crippen LogP contribution in [-0.2, 0) is 0 Å². The Bertz CT molecular complexity index is 702. The molecule has 2 aromatic rings. The Morgan fingerprint density at radius 3 is 2.48 bits per heavy atom. The van der Waals surface area contributed by atoms with Crippen molar-refractivity contribution in [1.29, 1.82) is 0 Å². The Morgan fingerprint density at radius 1 is 1.17 bits per heavy atom. The van der Waals surface area contributed by atoms with Crippen molar-refractivity contribution in [2.75, 3.05) is 5.32 Å². The molecule has 0 unspecified atom stereocenters. The molecule has 23 heavy (non-hydrogen) atoms. The van der Waals surface area contributed by atoms with E-state index in [0.29, 0.717) is 5.56 Å². The number of halogens is 1. The van der Waals surface area contributed by atoms with Crippen LogP contribution >= 0.6 is 34.8 Å². The number of amides is 1. The van der Waals surface area contributed by atoms with E-state index in [1.165, 1.54) is 0 Å². The van der Waals surface area contributed by atoms with Crippen molar-refractivity contribution in [3.8, 4) is 5.75 Å². The van der Waals surface area contributed by atoms with E-state index in [4.69, 9.17) is 17.0 Å². The van der Waals surface area contributed by atoms with Crippen LogP contribution < -0.4 is 15.4 Å². The van der Waals surface area contributed by atoms with Gasteiger partial charge in [0.2, 0.25) is 0 Å². The van der Waals surface area contributed by atoms with Crippen LogP contribution in [0.4, 0.5) is 5.69 Å². The minimum Gasteiger partial charge on any atom is -0.491 e. The van der Waals surface area contributed by atoms with Crippen LogP contribution in [0.1, 0.15) is 24.2 Å². The van der Waals surface area contributed by atoms with Crippen LogP contribution in [0.25, 0.3) is 0 Å². The summed E-state index contributed by atoms with van der Waals surface area (Å²) in [4.78, 5) is 12.1. The summed E-state index contributed by atoms with van der Waals surface area (Å²) in [6.45, 7) is 3.95. The first kappa shape index (κ1) is 17.7. The average Bonchev–Trinajstić information content (AvgIpc) is 2.48. The minimum atomic E-state index is -0.235. The van der Waals surface area contributed by atoms with E-state index < -0.39 is 0 Å². The van der Waals surface area contributed by atoms with Gasteiger partial charge >= 0.3 is 0 Å². The monoisotopic (exact) mass is 440 g/mol. The first-order valence-electron chi connectivity index (χ1n) is 7.08. The molecule has 0 bridgehead atoms. The van der Waals surface area contributed by atoms with Gasteiger partial charge in [0.05, 0.1) is 6.10 Å². The fourth-order valence-electron chi connectivity index (χ4n) is 1.86. The number of rotatable bonds is 4. The molecule has 6 heteroatoms. The summed E-state index contributed by atoms with van der Waals surface area (Å²) in [6.07, 6.45) is 0.128. The molecule has 0 heterocycles. The molecule has 0 aromatic heterocycles. The standard InChI is InChI=1S/C17H17IN2O2S/c1-11(2)22-15-8-6-14(7-9-15)19-17(23)20-16(21)12-4-3-5-13(18)10-12/h3-11H,1-2H3,(H2,19,20,21,23). The molecule has 2 rings (SSSR count). The molecule has 1 amide bonds. The van der Waals surface area contributed by atoms with Gasteiger partial charge in [-0.15, -0.1) is 0 Å². The van der Waals surface area contributed by atoms with Crippen LogP contribution in [0.5, 0.6) is 5.75 Å². The van der Waals surface area contributed by atoms with Gasteiger partial charge in [-0.3, -0.25) is 10.1 Å². The van der Waals surface area contributed by atoms with Gasteiger partial charge in [0.25, 0.3) is 5.91 Å². The van der Waals surface area contributed by atoms with Gasteiger partial charge in [-0.2, -0.15) is 0 Å². The van der Waals surface area contributed by atoms with Crippen molar-refractivity contribution < 1.29 is 9.53 Å². The number of anilines is 1. The zero-order valence-electron chi connectivity index (χ0n) is 12.8. The average molecular weight is 440 g/mol. The molecule has 0 saturated heterocycles. The lowest BCUT2D eigenvalue weighted by Gasteiger charge is -2.12. The lowest BCUT2D eigenvalue weighted by molar-refractivity contribution is 0.0977. The molecule has 0 aliphatic rings. The van der Waals surface area contributed by atoms with E-state index in [1.54, 1.807) is 12.1 Å². The second-order valence-electron chi connectivity index (χ2n) is 5.11. The summed E-state index contributed by atoms with van der Waals surface area (Å²) in [5, 5.41) is 5.90. The molecule has 0 aliphatic heterocycles. The minimum absolute atomic E-state index is 0.128. The van der Waals surface area contributed by atoms with Crippen LogP contribution in [0, 0.1) is 3.57 Å². The van der Waals surface area contributed by atoms with E-state index in [0.717, 1.165) is 15.0 Å². The van der Waals surface area contributed by atoms with Crippen LogP contribution in [0.3, 0.4) is 0 Å².